The molecule has 0 spiro atoms. The Morgan fingerprint density at radius 3 is 2.21 bits per heavy atom. The SMILES string of the molecule is COC(=O)C12CCC(NCC3CCCC3)(CC1)CC2. The Balaban J connectivity index is 1.56. The van der Waals surface area contributed by atoms with Gasteiger partial charge in [0.25, 0.3) is 0 Å². The van der Waals surface area contributed by atoms with Crippen molar-refractivity contribution in [3.05, 3.63) is 0 Å². The first kappa shape index (κ1) is 13.4. The van der Waals surface area contributed by atoms with Crippen molar-refractivity contribution >= 4 is 5.97 Å². The second kappa shape index (κ2) is 5.08. The van der Waals surface area contributed by atoms with Gasteiger partial charge in [-0.3, -0.25) is 4.79 Å². The minimum atomic E-state index is -0.133. The van der Waals surface area contributed by atoms with E-state index in [0.29, 0.717) is 5.54 Å². The fourth-order valence-corrected chi connectivity index (χ4v) is 4.55. The normalized spacial score (nSPS) is 38.6. The maximum absolute atomic E-state index is 12.0. The van der Waals surface area contributed by atoms with Gasteiger partial charge in [0.15, 0.2) is 0 Å². The third kappa shape index (κ3) is 2.42. The van der Waals surface area contributed by atoms with Crippen LogP contribution in [0, 0.1) is 11.3 Å². The van der Waals surface area contributed by atoms with Crippen LogP contribution in [0.3, 0.4) is 0 Å². The fraction of sp³-hybridized carbons (Fsp3) is 0.938. The molecule has 108 valence electrons. The molecule has 0 saturated heterocycles. The first-order valence-electron chi connectivity index (χ1n) is 8.02. The molecular weight excluding hydrogens is 238 g/mol. The summed E-state index contributed by atoms with van der Waals surface area (Å²) in [5, 5.41) is 3.89. The van der Waals surface area contributed by atoms with Crippen LogP contribution in [0.5, 0.6) is 0 Å². The summed E-state index contributed by atoms with van der Waals surface area (Å²) in [7, 11) is 1.53. The van der Waals surface area contributed by atoms with Crippen molar-refractivity contribution in [2.75, 3.05) is 13.7 Å². The molecule has 0 heterocycles. The van der Waals surface area contributed by atoms with E-state index in [0.717, 1.165) is 44.4 Å². The van der Waals surface area contributed by atoms with Crippen LogP contribution in [-0.4, -0.2) is 25.2 Å². The Labute approximate surface area is 116 Å². The van der Waals surface area contributed by atoms with Gasteiger partial charge in [-0.2, -0.15) is 0 Å². The van der Waals surface area contributed by atoms with Crippen LogP contribution in [0.1, 0.15) is 64.2 Å². The summed E-state index contributed by atoms with van der Waals surface area (Å²) in [6.45, 7) is 1.20. The number of hydrogen-bond donors (Lipinski definition) is 1. The number of esters is 1. The quantitative estimate of drug-likeness (QED) is 0.794. The fourth-order valence-electron chi connectivity index (χ4n) is 4.55. The molecule has 4 fully saturated rings. The lowest BCUT2D eigenvalue weighted by Gasteiger charge is -2.52. The average Bonchev–Trinajstić information content (AvgIpc) is 3.00. The van der Waals surface area contributed by atoms with Crippen molar-refractivity contribution in [1.82, 2.24) is 5.32 Å². The topological polar surface area (TPSA) is 38.3 Å². The Morgan fingerprint density at radius 1 is 1.11 bits per heavy atom. The zero-order valence-corrected chi connectivity index (χ0v) is 12.2. The Hall–Kier alpha value is -0.570. The molecule has 0 amide bonds. The minimum Gasteiger partial charge on any atom is -0.469 e. The largest absolute Gasteiger partial charge is 0.469 e. The standard InChI is InChI=1S/C16H27NO2/c1-19-14(18)15-6-9-16(10-7-15,11-8-15)17-12-13-4-2-3-5-13/h13,17H,2-12H2,1H3. The van der Waals surface area contributed by atoms with Crippen LogP contribution in [0.2, 0.25) is 0 Å². The van der Waals surface area contributed by atoms with E-state index in [1.165, 1.54) is 39.3 Å². The number of methoxy groups -OCH3 is 1. The Morgan fingerprint density at radius 2 is 1.68 bits per heavy atom. The highest BCUT2D eigenvalue weighted by Crippen LogP contribution is 2.53. The van der Waals surface area contributed by atoms with Crippen LogP contribution in [0.25, 0.3) is 0 Å². The maximum Gasteiger partial charge on any atom is 0.311 e. The molecule has 4 rings (SSSR count). The third-order valence-corrected chi connectivity index (χ3v) is 6.11. The molecule has 3 heteroatoms. The van der Waals surface area contributed by atoms with E-state index >= 15 is 0 Å². The lowest BCUT2D eigenvalue weighted by molar-refractivity contribution is -0.160. The highest BCUT2D eigenvalue weighted by Gasteiger charge is 2.52. The summed E-state index contributed by atoms with van der Waals surface area (Å²) >= 11 is 0. The van der Waals surface area contributed by atoms with Crippen LogP contribution in [-0.2, 0) is 9.53 Å². The molecule has 4 aliphatic carbocycles. The van der Waals surface area contributed by atoms with Gasteiger partial charge in [0, 0.05) is 5.54 Å². The van der Waals surface area contributed by atoms with Crippen LogP contribution in [0.4, 0.5) is 0 Å². The molecule has 0 aromatic carbocycles. The van der Waals surface area contributed by atoms with Gasteiger partial charge in [-0.05, 0) is 63.8 Å². The van der Waals surface area contributed by atoms with Gasteiger partial charge >= 0.3 is 5.97 Å². The summed E-state index contributed by atoms with van der Waals surface area (Å²) in [4.78, 5) is 12.0. The molecule has 3 nitrogen and oxygen atoms in total. The van der Waals surface area contributed by atoms with Crippen molar-refractivity contribution in [2.45, 2.75) is 69.7 Å². The van der Waals surface area contributed by atoms with Crippen LogP contribution in [0.15, 0.2) is 0 Å². The Kier molecular flexibility index (Phi) is 3.59. The first-order chi connectivity index (χ1) is 9.18. The molecule has 1 N–H and O–H groups in total. The van der Waals surface area contributed by atoms with Crippen molar-refractivity contribution in [3.8, 4) is 0 Å². The van der Waals surface area contributed by atoms with Crippen LogP contribution < -0.4 is 5.32 Å². The van der Waals surface area contributed by atoms with Gasteiger partial charge in [0.1, 0.15) is 0 Å². The first-order valence-corrected chi connectivity index (χ1v) is 8.02. The molecule has 4 aliphatic rings. The van der Waals surface area contributed by atoms with E-state index in [-0.39, 0.29) is 11.4 Å². The second-order valence-corrected chi connectivity index (χ2v) is 7.08. The van der Waals surface area contributed by atoms with Gasteiger partial charge in [-0.15, -0.1) is 0 Å². The highest BCUT2D eigenvalue weighted by molar-refractivity contribution is 5.77. The number of carbonyl (C=O) groups excluding carboxylic acids is 1. The second-order valence-electron chi connectivity index (χ2n) is 7.08. The third-order valence-electron chi connectivity index (χ3n) is 6.11. The number of hydrogen-bond acceptors (Lipinski definition) is 3. The predicted octanol–water partition coefficient (Wildman–Crippen LogP) is 3.03. The van der Waals surface area contributed by atoms with Gasteiger partial charge in [0.2, 0.25) is 0 Å². The number of rotatable bonds is 4. The molecule has 2 bridgehead atoms. The average molecular weight is 265 g/mol. The predicted molar refractivity (Wildman–Crippen MR) is 74.8 cm³/mol. The summed E-state index contributed by atoms with van der Waals surface area (Å²) in [5.41, 5.74) is 0.212. The molecule has 0 atom stereocenters. The smallest absolute Gasteiger partial charge is 0.311 e. The van der Waals surface area contributed by atoms with E-state index in [1.807, 2.05) is 0 Å². The number of ether oxygens (including phenoxy) is 1. The van der Waals surface area contributed by atoms with E-state index in [2.05, 4.69) is 5.32 Å². The molecule has 0 aromatic rings. The number of nitrogens with one attached hydrogen (secondary N) is 1. The number of fused-ring (bicyclic) bond motifs is 3. The number of carbonyl (C=O) groups is 1. The van der Waals surface area contributed by atoms with Crippen molar-refractivity contribution in [1.29, 1.82) is 0 Å². The summed E-state index contributed by atoms with van der Waals surface area (Å²) in [6, 6.07) is 0. The summed E-state index contributed by atoms with van der Waals surface area (Å²) in [6.07, 6.45) is 12.2. The van der Waals surface area contributed by atoms with E-state index in [4.69, 9.17) is 4.74 Å². The van der Waals surface area contributed by atoms with E-state index < -0.39 is 0 Å². The van der Waals surface area contributed by atoms with Gasteiger partial charge < -0.3 is 10.1 Å². The minimum absolute atomic E-state index is 0.0385. The van der Waals surface area contributed by atoms with Crippen molar-refractivity contribution in [2.24, 2.45) is 11.3 Å². The van der Waals surface area contributed by atoms with E-state index in [9.17, 15) is 4.79 Å². The molecule has 19 heavy (non-hydrogen) atoms. The van der Waals surface area contributed by atoms with Crippen molar-refractivity contribution < 1.29 is 9.53 Å². The van der Waals surface area contributed by atoms with Gasteiger partial charge in [-0.1, -0.05) is 12.8 Å². The molecular formula is C16H27NO2. The molecule has 0 radical (unpaired) electrons. The highest BCUT2D eigenvalue weighted by atomic mass is 16.5. The zero-order chi connectivity index (χ0) is 13.3. The monoisotopic (exact) mass is 265 g/mol. The summed E-state index contributed by atoms with van der Waals surface area (Å²) in [5.74, 6) is 0.945. The van der Waals surface area contributed by atoms with Gasteiger partial charge in [-0.25, -0.2) is 0 Å². The van der Waals surface area contributed by atoms with Crippen LogP contribution >= 0.6 is 0 Å². The van der Waals surface area contributed by atoms with Gasteiger partial charge in [0.05, 0.1) is 12.5 Å². The lowest BCUT2D eigenvalue weighted by atomic mass is 9.57. The zero-order valence-electron chi connectivity index (χ0n) is 12.2. The van der Waals surface area contributed by atoms with Crippen molar-refractivity contribution in [3.63, 3.8) is 0 Å². The Bertz CT molecular complexity index is 322. The summed E-state index contributed by atoms with van der Waals surface area (Å²) < 4.78 is 5.02. The molecule has 0 aliphatic heterocycles. The maximum atomic E-state index is 12.0. The molecule has 0 aromatic heterocycles. The lowest BCUT2D eigenvalue weighted by Crippen LogP contribution is -2.57. The van der Waals surface area contributed by atoms with E-state index in [1.54, 1.807) is 0 Å². The molecule has 4 saturated carbocycles. The molecule has 0 unspecified atom stereocenters.